The summed E-state index contributed by atoms with van der Waals surface area (Å²) in [6.07, 6.45) is 3.18. The highest BCUT2D eigenvalue weighted by molar-refractivity contribution is 5.75. The molecule has 0 radical (unpaired) electrons. The van der Waals surface area contributed by atoms with Crippen LogP contribution in [0.3, 0.4) is 0 Å². The topological polar surface area (TPSA) is 87.7 Å². The normalized spacial score (nSPS) is 10.2. The summed E-state index contributed by atoms with van der Waals surface area (Å²) in [7, 11) is 0. The Morgan fingerprint density at radius 2 is 2.00 bits per heavy atom. The molecule has 2 amide bonds. The number of carbonyl (C=O) groups is 2. The lowest BCUT2D eigenvalue weighted by molar-refractivity contribution is -0.136. The van der Waals surface area contributed by atoms with E-state index in [0.717, 1.165) is 36.1 Å². The Hall–Kier alpha value is -2.24. The van der Waals surface area contributed by atoms with Crippen LogP contribution in [0, 0.1) is 6.92 Å². The number of hydrogen-bond acceptors (Lipinski definition) is 3. The number of nitrogens with one attached hydrogen (secondary N) is 2. The number of carbonyl (C=O) groups excluding carboxylic acids is 1. The molecule has 6 nitrogen and oxygen atoms in total. The van der Waals surface area contributed by atoms with E-state index in [-0.39, 0.29) is 19.0 Å². The third kappa shape index (κ3) is 8.09. The van der Waals surface area contributed by atoms with Gasteiger partial charge < -0.3 is 20.5 Å². The van der Waals surface area contributed by atoms with Crippen LogP contribution in [0.1, 0.15) is 43.7 Å². The van der Waals surface area contributed by atoms with Gasteiger partial charge in [-0.1, -0.05) is 31.9 Å². The quantitative estimate of drug-likeness (QED) is 0.578. The predicted molar refractivity (Wildman–Crippen MR) is 88.7 cm³/mol. The molecule has 0 unspecified atom stereocenters. The zero-order chi connectivity index (χ0) is 17.1. The first-order valence-electron chi connectivity index (χ1n) is 7.98. The van der Waals surface area contributed by atoms with Crippen LogP contribution >= 0.6 is 0 Å². The first-order valence-corrected chi connectivity index (χ1v) is 7.98. The van der Waals surface area contributed by atoms with Gasteiger partial charge >= 0.3 is 12.0 Å². The van der Waals surface area contributed by atoms with Gasteiger partial charge in [0.15, 0.2) is 0 Å². The highest BCUT2D eigenvalue weighted by Crippen LogP contribution is 2.20. The van der Waals surface area contributed by atoms with Gasteiger partial charge in [-0.25, -0.2) is 4.79 Å². The number of unbranched alkanes of at least 4 members (excludes halogenated alkanes) is 2. The van der Waals surface area contributed by atoms with Crippen molar-refractivity contribution in [1.29, 1.82) is 0 Å². The number of rotatable bonds is 10. The molecule has 0 spiro atoms. The van der Waals surface area contributed by atoms with Gasteiger partial charge in [-0.3, -0.25) is 4.79 Å². The standard InChI is InChI=1S/C17H26N2O4/c1-3-4-5-10-23-15-11-13(2)6-7-14(15)12-19-17(22)18-9-8-16(20)21/h6-7,11H,3-5,8-10,12H2,1-2H3,(H,20,21)(H2,18,19,22). The van der Waals surface area contributed by atoms with Crippen LogP contribution < -0.4 is 15.4 Å². The molecule has 128 valence electrons. The summed E-state index contributed by atoms with van der Waals surface area (Å²) in [5.74, 6) is -0.154. The molecule has 1 aromatic carbocycles. The molecule has 0 fully saturated rings. The van der Waals surface area contributed by atoms with Gasteiger partial charge in [0.05, 0.1) is 13.0 Å². The molecule has 0 atom stereocenters. The molecule has 0 heterocycles. The Morgan fingerprint density at radius 1 is 1.22 bits per heavy atom. The van der Waals surface area contributed by atoms with Crippen molar-refractivity contribution in [3.8, 4) is 5.75 Å². The average Bonchev–Trinajstić information content (AvgIpc) is 2.50. The van der Waals surface area contributed by atoms with Crippen molar-refractivity contribution in [3.63, 3.8) is 0 Å². The number of aliphatic carboxylic acids is 1. The van der Waals surface area contributed by atoms with Crippen LogP contribution in [-0.4, -0.2) is 30.3 Å². The summed E-state index contributed by atoms with van der Waals surface area (Å²) in [6, 6.07) is 5.48. The van der Waals surface area contributed by atoms with Crippen molar-refractivity contribution in [3.05, 3.63) is 29.3 Å². The minimum absolute atomic E-state index is 0.0935. The monoisotopic (exact) mass is 322 g/mol. The zero-order valence-electron chi connectivity index (χ0n) is 13.9. The molecule has 0 aliphatic carbocycles. The molecular weight excluding hydrogens is 296 g/mol. The van der Waals surface area contributed by atoms with Gasteiger partial charge in [0.2, 0.25) is 0 Å². The fourth-order valence-electron chi connectivity index (χ4n) is 2.00. The van der Waals surface area contributed by atoms with Gasteiger partial charge in [-0.2, -0.15) is 0 Å². The summed E-state index contributed by atoms with van der Waals surface area (Å²) in [5, 5.41) is 13.7. The van der Waals surface area contributed by atoms with Crippen molar-refractivity contribution in [1.82, 2.24) is 10.6 Å². The van der Waals surface area contributed by atoms with Crippen LogP contribution in [0.15, 0.2) is 18.2 Å². The second-order valence-electron chi connectivity index (χ2n) is 5.42. The molecule has 0 aliphatic heterocycles. The lowest BCUT2D eigenvalue weighted by Crippen LogP contribution is -2.36. The summed E-state index contributed by atoms with van der Waals surface area (Å²) in [6.45, 7) is 5.24. The summed E-state index contributed by atoms with van der Waals surface area (Å²) in [4.78, 5) is 22.0. The first kappa shape index (κ1) is 18.8. The summed E-state index contributed by atoms with van der Waals surface area (Å²) >= 11 is 0. The maximum Gasteiger partial charge on any atom is 0.315 e. The Labute approximate surface area is 137 Å². The van der Waals surface area contributed by atoms with E-state index in [2.05, 4.69) is 17.6 Å². The highest BCUT2D eigenvalue weighted by atomic mass is 16.5. The largest absolute Gasteiger partial charge is 0.493 e. The number of hydrogen-bond donors (Lipinski definition) is 3. The number of ether oxygens (including phenoxy) is 1. The second-order valence-corrected chi connectivity index (χ2v) is 5.42. The molecule has 0 aromatic heterocycles. The second kappa shape index (κ2) is 10.5. The lowest BCUT2D eigenvalue weighted by Gasteiger charge is -2.13. The summed E-state index contributed by atoms with van der Waals surface area (Å²) < 4.78 is 5.82. The maximum absolute atomic E-state index is 11.6. The fraction of sp³-hybridized carbons (Fsp3) is 0.529. The van der Waals surface area contributed by atoms with E-state index in [1.807, 2.05) is 25.1 Å². The Balaban J connectivity index is 2.48. The van der Waals surface area contributed by atoms with Crippen molar-refractivity contribution in [2.24, 2.45) is 0 Å². The van der Waals surface area contributed by atoms with Gasteiger partial charge in [0.1, 0.15) is 5.75 Å². The van der Waals surface area contributed by atoms with Crippen LogP contribution in [0.25, 0.3) is 0 Å². The van der Waals surface area contributed by atoms with Crippen LogP contribution in [0.4, 0.5) is 4.79 Å². The molecule has 0 aliphatic rings. The third-order valence-corrected chi connectivity index (χ3v) is 3.29. The zero-order valence-corrected chi connectivity index (χ0v) is 13.9. The lowest BCUT2D eigenvalue weighted by atomic mass is 10.1. The van der Waals surface area contributed by atoms with Crippen LogP contribution in [0.2, 0.25) is 0 Å². The van der Waals surface area contributed by atoms with Crippen LogP contribution in [0.5, 0.6) is 5.75 Å². The van der Waals surface area contributed by atoms with E-state index in [1.165, 1.54) is 0 Å². The highest BCUT2D eigenvalue weighted by Gasteiger charge is 2.07. The maximum atomic E-state index is 11.6. The molecule has 6 heteroatoms. The van der Waals surface area contributed by atoms with Crippen LogP contribution in [-0.2, 0) is 11.3 Å². The Kier molecular flexibility index (Phi) is 8.57. The SMILES string of the molecule is CCCCCOc1cc(C)ccc1CNC(=O)NCCC(=O)O. The number of carboxylic acid groups (broad SMARTS) is 1. The molecule has 1 aromatic rings. The number of aryl methyl sites for hydroxylation is 1. The van der Waals surface area contributed by atoms with E-state index >= 15 is 0 Å². The summed E-state index contributed by atoms with van der Waals surface area (Å²) in [5.41, 5.74) is 2.01. The molecule has 0 bridgehead atoms. The van der Waals surface area contributed by atoms with Crippen molar-refractivity contribution >= 4 is 12.0 Å². The smallest absolute Gasteiger partial charge is 0.315 e. The number of carboxylic acids is 1. The number of benzene rings is 1. The van der Waals surface area contributed by atoms with E-state index in [9.17, 15) is 9.59 Å². The minimum Gasteiger partial charge on any atom is -0.493 e. The van der Waals surface area contributed by atoms with E-state index in [1.54, 1.807) is 0 Å². The molecule has 3 N–H and O–H groups in total. The van der Waals surface area contributed by atoms with E-state index < -0.39 is 5.97 Å². The fourth-order valence-corrected chi connectivity index (χ4v) is 2.00. The van der Waals surface area contributed by atoms with Gasteiger partial charge in [-0.15, -0.1) is 0 Å². The molecule has 0 saturated carbocycles. The Bertz CT molecular complexity index is 517. The third-order valence-electron chi connectivity index (χ3n) is 3.29. The minimum atomic E-state index is -0.938. The number of amides is 2. The van der Waals surface area contributed by atoms with E-state index in [0.29, 0.717) is 13.2 Å². The van der Waals surface area contributed by atoms with Crippen molar-refractivity contribution < 1.29 is 19.4 Å². The molecule has 23 heavy (non-hydrogen) atoms. The molecule has 1 rings (SSSR count). The van der Waals surface area contributed by atoms with Crippen molar-refractivity contribution in [2.75, 3.05) is 13.2 Å². The predicted octanol–water partition coefficient (Wildman–Crippen LogP) is 2.84. The van der Waals surface area contributed by atoms with Gasteiger partial charge in [-0.05, 0) is 25.0 Å². The Morgan fingerprint density at radius 3 is 2.70 bits per heavy atom. The molecule has 0 saturated heterocycles. The first-order chi connectivity index (χ1) is 11.0. The van der Waals surface area contributed by atoms with Crippen molar-refractivity contribution in [2.45, 2.75) is 46.1 Å². The van der Waals surface area contributed by atoms with Gasteiger partial charge in [0.25, 0.3) is 0 Å². The molecular formula is C17H26N2O4. The average molecular weight is 322 g/mol. The van der Waals surface area contributed by atoms with E-state index in [4.69, 9.17) is 9.84 Å². The number of urea groups is 1. The van der Waals surface area contributed by atoms with Gasteiger partial charge in [0, 0.05) is 18.7 Å².